The topological polar surface area (TPSA) is 123 Å². The van der Waals surface area contributed by atoms with E-state index in [-0.39, 0.29) is 38.0 Å². The molecule has 0 unspecified atom stereocenters. The molecule has 2 aromatic heterocycles. The van der Waals surface area contributed by atoms with Crippen LogP contribution in [0.4, 0.5) is 5.69 Å². The lowest BCUT2D eigenvalue weighted by Gasteiger charge is -2.15. The monoisotopic (exact) mass is 501 g/mol. The molecule has 0 atom stereocenters. The highest BCUT2D eigenvalue weighted by molar-refractivity contribution is 7.89. The van der Waals surface area contributed by atoms with Gasteiger partial charge in [-0.15, -0.1) is 0 Å². The Hall–Kier alpha value is -2.66. The molecule has 162 valence electrons. The van der Waals surface area contributed by atoms with Crippen LogP contribution in [0.25, 0.3) is 5.82 Å². The first-order valence-electron chi connectivity index (χ1n) is 8.46. The number of hydrogen-bond acceptors (Lipinski definition) is 6. The summed E-state index contributed by atoms with van der Waals surface area (Å²) in [7, 11) is -3.85. The third kappa shape index (κ3) is 5.34. The van der Waals surface area contributed by atoms with Crippen molar-refractivity contribution in [3.05, 3.63) is 68.5 Å². The number of carbonyl (C=O) groups is 2. The molecule has 2 N–H and O–H groups in total. The number of hydrogen-bond donors (Lipinski definition) is 2. The summed E-state index contributed by atoms with van der Waals surface area (Å²) in [4.78, 5) is 29.6. The number of pyridine rings is 1. The lowest BCUT2D eigenvalue weighted by Crippen LogP contribution is -2.30. The normalized spacial score (nSPS) is 11.3. The molecule has 0 fully saturated rings. The van der Waals surface area contributed by atoms with Crippen molar-refractivity contribution >= 4 is 62.3 Å². The minimum Gasteiger partial charge on any atom is -0.320 e. The van der Waals surface area contributed by atoms with Gasteiger partial charge in [0.05, 0.1) is 22.5 Å². The second-order valence-corrected chi connectivity index (χ2v) is 9.36. The number of aryl methyl sites for hydroxylation is 1. The van der Waals surface area contributed by atoms with Crippen LogP contribution < -0.4 is 10.0 Å². The third-order valence-electron chi connectivity index (χ3n) is 3.91. The molecule has 1 aromatic carbocycles. The molecule has 13 heteroatoms. The van der Waals surface area contributed by atoms with Crippen molar-refractivity contribution in [2.24, 2.45) is 0 Å². The van der Waals surface area contributed by atoms with E-state index in [1.54, 1.807) is 19.1 Å². The summed E-state index contributed by atoms with van der Waals surface area (Å²) in [6.45, 7) is 1.60. The zero-order valence-electron chi connectivity index (χ0n) is 16.0. The first-order valence-corrected chi connectivity index (χ1v) is 11.5. The molecule has 2 amide bonds. The molecule has 9 nitrogen and oxygen atoms in total. The standard InChI is InChI=1S/C18H14Cl3N5O4S/c1-9-6-10(19)7-11(17(27)25-31(2,29)30)15(9)23-18(28)13-8-14(21)24-26(13)16-12(20)4-3-5-22-16/h3-8H,1-2H3,(H,23,28)(H,25,27). The van der Waals surface area contributed by atoms with E-state index in [9.17, 15) is 18.0 Å². The van der Waals surface area contributed by atoms with E-state index in [4.69, 9.17) is 34.8 Å². The second-order valence-electron chi connectivity index (χ2n) is 6.38. The van der Waals surface area contributed by atoms with Crippen LogP contribution in [0.3, 0.4) is 0 Å². The Bertz CT molecular complexity index is 1310. The molecule has 0 saturated carbocycles. The van der Waals surface area contributed by atoms with Crippen LogP contribution in [0, 0.1) is 6.92 Å². The number of sulfonamides is 1. The Morgan fingerprint density at radius 3 is 2.45 bits per heavy atom. The average molecular weight is 503 g/mol. The SMILES string of the molecule is Cc1cc(Cl)cc(C(=O)NS(C)(=O)=O)c1NC(=O)c1cc(Cl)nn1-c1ncccc1Cl. The molecule has 0 saturated heterocycles. The first kappa shape index (κ1) is 23.0. The van der Waals surface area contributed by atoms with Gasteiger partial charge in [0.2, 0.25) is 10.0 Å². The number of nitrogens with zero attached hydrogens (tertiary/aromatic N) is 3. The van der Waals surface area contributed by atoms with E-state index in [2.05, 4.69) is 15.4 Å². The van der Waals surface area contributed by atoms with Gasteiger partial charge in [-0.2, -0.15) is 5.10 Å². The van der Waals surface area contributed by atoms with Crippen LogP contribution in [-0.4, -0.2) is 41.3 Å². The van der Waals surface area contributed by atoms with E-state index < -0.39 is 21.8 Å². The maximum Gasteiger partial charge on any atom is 0.274 e. The van der Waals surface area contributed by atoms with Gasteiger partial charge in [-0.3, -0.25) is 9.59 Å². The Morgan fingerprint density at radius 1 is 1.10 bits per heavy atom. The summed E-state index contributed by atoms with van der Waals surface area (Å²) in [6, 6.07) is 7.22. The predicted molar refractivity (Wildman–Crippen MR) is 118 cm³/mol. The van der Waals surface area contributed by atoms with Crippen LogP contribution in [-0.2, 0) is 10.0 Å². The predicted octanol–water partition coefficient (Wildman–Crippen LogP) is 3.48. The van der Waals surface area contributed by atoms with Crippen LogP contribution in [0.15, 0.2) is 36.5 Å². The van der Waals surface area contributed by atoms with Gasteiger partial charge in [0.25, 0.3) is 11.8 Å². The minimum atomic E-state index is -3.85. The molecule has 0 radical (unpaired) electrons. The summed E-state index contributed by atoms with van der Waals surface area (Å²) in [5.41, 5.74) is 0.324. The second kappa shape index (κ2) is 8.83. The van der Waals surface area contributed by atoms with E-state index in [0.29, 0.717) is 5.56 Å². The summed E-state index contributed by atoms with van der Waals surface area (Å²) in [6.07, 6.45) is 2.30. The largest absolute Gasteiger partial charge is 0.320 e. The van der Waals surface area contributed by atoms with Gasteiger partial charge >= 0.3 is 0 Å². The molecule has 0 aliphatic carbocycles. The zero-order chi connectivity index (χ0) is 22.9. The molecule has 2 heterocycles. The Kier molecular flexibility index (Phi) is 6.56. The number of nitrogens with one attached hydrogen (secondary N) is 2. The molecular formula is C18H14Cl3N5O4S. The van der Waals surface area contributed by atoms with Gasteiger partial charge in [-0.1, -0.05) is 34.8 Å². The third-order valence-corrected chi connectivity index (χ3v) is 5.17. The molecule has 3 rings (SSSR count). The Morgan fingerprint density at radius 2 is 1.81 bits per heavy atom. The Balaban J connectivity index is 2.04. The summed E-state index contributed by atoms with van der Waals surface area (Å²) in [5.74, 6) is -1.48. The molecule has 0 aliphatic rings. The fourth-order valence-electron chi connectivity index (χ4n) is 2.70. The maximum absolute atomic E-state index is 13.0. The van der Waals surface area contributed by atoms with Gasteiger partial charge < -0.3 is 5.32 Å². The van der Waals surface area contributed by atoms with Crippen molar-refractivity contribution in [1.29, 1.82) is 0 Å². The lowest BCUT2D eigenvalue weighted by molar-refractivity contribution is 0.0982. The number of halogens is 3. The molecular weight excluding hydrogens is 489 g/mol. The van der Waals surface area contributed by atoms with Crippen molar-refractivity contribution in [1.82, 2.24) is 19.5 Å². The summed E-state index contributed by atoms with van der Waals surface area (Å²) >= 11 is 18.2. The van der Waals surface area contributed by atoms with Crippen molar-refractivity contribution in [3.8, 4) is 5.82 Å². The molecule has 0 bridgehead atoms. The van der Waals surface area contributed by atoms with Crippen molar-refractivity contribution in [2.45, 2.75) is 6.92 Å². The van der Waals surface area contributed by atoms with E-state index in [1.165, 1.54) is 24.4 Å². The van der Waals surface area contributed by atoms with E-state index >= 15 is 0 Å². The van der Waals surface area contributed by atoms with Crippen molar-refractivity contribution in [3.63, 3.8) is 0 Å². The van der Waals surface area contributed by atoms with Gasteiger partial charge in [-0.25, -0.2) is 22.8 Å². The number of amides is 2. The molecule has 0 aliphatic heterocycles. The van der Waals surface area contributed by atoms with Crippen LogP contribution >= 0.6 is 34.8 Å². The summed E-state index contributed by atoms with van der Waals surface area (Å²) < 4.78 is 26.0. The van der Waals surface area contributed by atoms with Crippen molar-refractivity contribution in [2.75, 3.05) is 11.6 Å². The van der Waals surface area contributed by atoms with Crippen LogP contribution in [0.2, 0.25) is 15.2 Å². The quantitative estimate of drug-likeness (QED) is 0.551. The fourth-order valence-corrected chi connectivity index (χ4v) is 3.80. The van der Waals surface area contributed by atoms with Crippen LogP contribution in [0.1, 0.15) is 26.4 Å². The van der Waals surface area contributed by atoms with Gasteiger partial charge in [-0.05, 0) is 36.8 Å². The van der Waals surface area contributed by atoms with E-state index in [0.717, 1.165) is 10.9 Å². The lowest BCUT2D eigenvalue weighted by atomic mass is 10.1. The Labute approximate surface area is 192 Å². The zero-order valence-corrected chi connectivity index (χ0v) is 19.1. The van der Waals surface area contributed by atoms with Gasteiger partial charge in [0.15, 0.2) is 11.0 Å². The van der Waals surface area contributed by atoms with Gasteiger partial charge in [0.1, 0.15) is 5.69 Å². The molecule has 3 aromatic rings. The molecule has 31 heavy (non-hydrogen) atoms. The first-order chi connectivity index (χ1) is 14.5. The fraction of sp³-hybridized carbons (Fsp3) is 0.111. The summed E-state index contributed by atoms with van der Waals surface area (Å²) in [5, 5.41) is 7.05. The van der Waals surface area contributed by atoms with E-state index in [1.807, 2.05) is 4.72 Å². The number of rotatable bonds is 5. The highest BCUT2D eigenvalue weighted by Gasteiger charge is 2.23. The van der Waals surface area contributed by atoms with Gasteiger partial charge in [0, 0.05) is 17.3 Å². The highest BCUT2D eigenvalue weighted by Crippen LogP contribution is 2.27. The number of aromatic nitrogens is 3. The maximum atomic E-state index is 13.0. The smallest absolute Gasteiger partial charge is 0.274 e. The number of anilines is 1. The average Bonchev–Trinajstić information content (AvgIpc) is 3.04. The highest BCUT2D eigenvalue weighted by atomic mass is 35.5. The van der Waals surface area contributed by atoms with Crippen LogP contribution in [0.5, 0.6) is 0 Å². The number of benzene rings is 1. The van der Waals surface area contributed by atoms with Crippen molar-refractivity contribution < 1.29 is 18.0 Å². The molecule has 0 spiro atoms. The number of carbonyl (C=O) groups excluding carboxylic acids is 2. The minimum absolute atomic E-state index is 0.00902.